The highest BCUT2D eigenvalue weighted by atomic mass is 16.2. The average Bonchev–Trinajstić information content (AvgIpc) is 3.09. The lowest BCUT2D eigenvalue weighted by Crippen LogP contribution is -2.57. The van der Waals surface area contributed by atoms with Gasteiger partial charge >= 0.3 is 0 Å². The number of nitrogens with zero attached hydrogens (tertiary/aromatic N) is 3. The lowest BCUT2D eigenvalue weighted by atomic mass is 10.1. The van der Waals surface area contributed by atoms with Gasteiger partial charge in [0.15, 0.2) is 0 Å². The average molecular weight is 294 g/mol. The van der Waals surface area contributed by atoms with Gasteiger partial charge in [0.2, 0.25) is 5.91 Å². The lowest BCUT2D eigenvalue weighted by molar-refractivity contribution is -0.137. The van der Waals surface area contributed by atoms with Gasteiger partial charge in [0.25, 0.3) is 0 Å². The molecule has 1 saturated carbocycles. The summed E-state index contributed by atoms with van der Waals surface area (Å²) in [6, 6.07) is 0.875. The van der Waals surface area contributed by atoms with Crippen LogP contribution in [0.5, 0.6) is 0 Å². The number of carbonyl (C=O) groups excluding carboxylic acids is 1. The molecule has 0 aromatic heterocycles. The molecule has 0 radical (unpaired) electrons. The van der Waals surface area contributed by atoms with Gasteiger partial charge in [0, 0.05) is 58.4 Å². The van der Waals surface area contributed by atoms with Crippen molar-refractivity contribution in [3.63, 3.8) is 0 Å². The SMILES string of the molecule is CC(C(=O)N1CCNCC1)N1CCN(C2CCCC2)CC1. The van der Waals surface area contributed by atoms with Gasteiger partial charge in [-0.1, -0.05) is 12.8 Å². The van der Waals surface area contributed by atoms with Crippen molar-refractivity contribution in [2.45, 2.75) is 44.7 Å². The normalized spacial score (nSPS) is 28.0. The molecule has 0 bridgehead atoms. The van der Waals surface area contributed by atoms with Crippen LogP contribution in [0.1, 0.15) is 32.6 Å². The molecule has 5 heteroatoms. The second kappa shape index (κ2) is 7.07. The number of hydrogen-bond acceptors (Lipinski definition) is 4. The molecule has 1 aliphatic carbocycles. The van der Waals surface area contributed by atoms with Crippen LogP contribution >= 0.6 is 0 Å². The number of piperazine rings is 2. The van der Waals surface area contributed by atoms with Crippen molar-refractivity contribution in [1.82, 2.24) is 20.0 Å². The third kappa shape index (κ3) is 3.58. The molecule has 2 heterocycles. The maximum Gasteiger partial charge on any atom is 0.239 e. The highest BCUT2D eigenvalue weighted by Gasteiger charge is 2.31. The van der Waals surface area contributed by atoms with E-state index in [9.17, 15) is 4.79 Å². The fraction of sp³-hybridized carbons (Fsp3) is 0.938. The van der Waals surface area contributed by atoms with Crippen molar-refractivity contribution in [2.75, 3.05) is 52.4 Å². The van der Waals surface area contributed by atoms with Crippen LogP contribution in [0.2, 0.25) is 0 Å². The minimum Gasteiger partial charge on any atom is -0.339 e. The molecule has 1 unspecified atom stereocenters. The van der Waals surface area contributed by atoms with Gasteiger partial charge in [-0.3, -0.25) is 14.6 Å². The van der Waals surface area contributed by atoms with Crippen LogP contribution in [0.15, 0.2) is 0 Å². The Labute approximate surface area is 128 Å². The number of carbonyl (C=O) groups is 1. The zero-order valence-electron chi connectivity index (χ0n) is 13.4. The topological polar surface area (TPSA) is 38.8 Å². The fourth-order valence-corrected chi connectivity index (χ4v) is 4.06. The number of rotatable bonds is 3. The third-order valence-electron chi connectivity index (χ3n) is 5.52. The Morgan fingerprint density at radius 1 is 1.00 bits per heavy atom. The van der Waals surface area contributed by atoms with E-state index in [0.717, 1.165) is 58.4 Å². The van der Waals surface area contributed by atoms with E-state index in [1.807, 2.05) is 4.90 Å². The second-order valence-electron chi connectivity index (χ2n) is 6.76. The zero-order valence-corrected chi connectivity index (χ0v) is 13.4. The molecule has 1 atom stereocenters. The molecule has 5 nitrogen and oxygen atoms in total. The van der Waals surface area contributed by atoms with E-state index >= 15 is 0 Å². The van der Waals surface area contributed by atoms with E-state index in [0.29, 0.717) is 5.91 Å². The summed E-state index contributed by atoms with van der Waals surface area (Å²) in [5.41, 5.74) is 0. The van der Waals surface area contributed by atoms with Crippen LogP contribution in [0.25, 0.3) is 0 Å². The molecule has 1 N–H and O–H groups in total. The standard InChI is InChI=1S/C16H30N4O/c1-14(16(21)20-8-6-17-7-9-20)18-10-12-19(13-11-18)15-4-2-3-5-15/h14-15,17H,2-13H2,1H3. The fourth-order valence-electron chi connectivity index (χ4n) is 4.06. The summed E-state index contributed by atoms with van der Waals surface area (Å²) in [6.45, 7) is 10.1. The van der Waals surface area contributed by atoms with Crippen LogP contribution < -0.4 is 5.32 Å². The Kier molecular flexibility index (Phi) is 5.14. The maximum absolute atomic E-state index is 12.6. The lowest BCUT2D eigenvalue weighted by Gasteiger charge is -2.41. The molecule has 21 heavy (non-hydrogen) atoms. The summed E-state index contributed by atoms with van der Waals surface area (Å²) in [6.07, 6.45) is 5.58. The van der Waals surface area contributed by atoms with E-state index in [2.05, 4.69) is 22.0 Å². The molecular weight excluding hydrogens is 264 g/mol. The Morgan fingerprint density at radius 2 is 1.62 bits per heavy atom. The molecule has 3 rings (SSSR count). The monoisotopic (exact) mass is 294 g/mol. The van der Waals surface area contributed by atoms with Crippen molar-refractivity contribution in [1.29, 1.82) is 0 Å². The second-order valence-corrected chi connectivity index (χ2v) is 6.76. The first-order valence-electron chi connectivity index (χ1n) is 8.73. The highest BCUT2D eigenvalue weighted by Crippen LogP contribution is 2.24. The Hall–Kier alpha value is -0.650. The maximum atomic E-state index is 12.6. The number of hydrogen-bond donors (Lipinski definition) is 1. The van der Waals surface area contributed by atoms with Gasteiger partial charge in [-0.2, -0.15) is 0 Å². The van der Waals surface area contributed by atoms with Crippen LogP contribution in [0.4, 0.5) is 0 Å². The summed E-state index contributed by atoms with van der Waals surface area (Å²) >= 11 is 0. The quantitative estimate of drug-likeness (QED) is 0.816. The molecule has 0 spiro atoms. The minimum atomic E-state index is 0.0498. The smallest absolute Gasteiger partial charge is 0.239 e. The molecular formula is C16H30N4O. The predicted molar refractivity (Wildman–Crippen MR) is 84.3 cm³/mol. The number of amides is 1. The van der Waals surface area contributed by atoms with Gasteiger partial charge in [0.1, 0.15) is 0 Å². The van der Waals surface area contributed by atoms with Crippen LogP contribution in [0.3, 0.4) is 0 Å². The number of nitrogens with one attached hydrogen (secondary N) is 1. The molecule has 1 amide bonds. The van der Waals surface area contributed by atoms with Crippen LogP contribution in [0, 0.1) is 0 Å². The van der Waals surface area contributed by atoms with Gasteiger partial charge < -0.3 is 10.2 Å². The molecule has 0 aromatic carbocycles. The first-order chi connectivity index (χ1) is 10.3. The molecule has 3 aliphatic rings. The zero-order chi connectivity index (χ0) is 14.7. The highest BCUT2D eigenvalue weighted by molar-refractivity contribution is 5.81. The van der Waals surface area contributed by atoms with Crippen molar-refractivity contribution < 1.29 is 4.79 Å². The van der Waals surface area contributed by atoms with Crippen molar-refractivity contribution in [3.8, 4) is 0 Å². The van der Waals surface area contributed by atoms with E-state index in [1.165, 1.54) is 25.7 Å². The van der Waals surface area contributed by atoms with Crippen molar-refractivity contribution in [2.24, 2.45) is 0 Å². The minimum absolute atomic E-state index is 0.0498. The van der Waals surface area contributed by atoms with E-state index in [-0.39, 0.29) is 6.04 Å². The Balaban J connectivity index is 1.47. The summed E-state index contributed by atoms with van der Waals surface area (Å²) in [5.74, 6) is 0.325. The van der Waals surface area contributed by atoms with E-state index in [4.69, 9.17) is 0 Å². The molecule has 2 saturated heterocycles. The largest absolute Gasteiger partial charge is 0.339 e. The van der Waals surface area contributed by atoms with Crippen molar-refractivity contribution >= 4 is 5.91 Å². The molecule has 0 aromatic rings. The molecule has 120 valence electrons. The van der Waals surface area contributed by atoms with Crippen LogP contribution in [-0.2, 0) is 4.79 Å². The first-order valence-corrected chi connectivity index (χ1v) is 8.73. The Bertz CT molecular complexity index is 342. The van der Waals surface area contributed by atoms with E-state index < -0.39 is 0 Å². The molecule has 3 fully saturated rings. The predicted octanol–water partition coefficient (Wildman–Crippen LogP) is 0.367. The summed E-state index contributed by atoms with van der Waals surface area (Å²) in [7, 11) is 0. The van der Waals surface area contributed by atoms with Crippen molar-refractivity contribution in [3.05, 3.63) is 0 Å². The third-order valence-corrected chi connectivity index (χ3v) is 5.52. The summed E-state index contributed by atoms with van der Waals surface area (Å²) in [5, 5.41) is 3.31. The summed E-state index contributed by atoms with van der Waals surface area (Å²) < 4.78 is 0. The van der Waals surface area contributed by atoms with Crippen LogP contribution in [-0.4, -0.2) is 85.0 Å². The van der Waals surface area contributed by atoms with Gasteiger partial charge in [0.05, 0.1) is 6.04 Å². The van der Waals surface area contributed by atoms with Gasteiger partial charge in [-0.15, -0.1) is 0 Å². The first kappa shape index (κ1) is 15.3. The molecule has 2 aliphatic heterocycles. The Morgan fingerprint density at radius 3 is 2.24 bits per heavy atom. The van der Waals surface area contributed by atoms with Gasteiger partial charge in [-0.25, -0.2) is 0 Å². The van der Waals surface area contributed by atoms with E-state index in [1.54, 1.807) is 0 Å². The summed E-state index contributed by atoms with van der Waals surface area (Å²) in [4.78, 5) is 19.7. The van der Waals surface area contributed by atoms with Gasteiger partial charge in [-0.05, 0) is 19.8 Å².